The standard InChI is InChI=1S/C20H24N4O/c25-20-11-6-12-23(20)13-17-9-4-5-10-18(17)14-24-15-19(21-22-24)16-7-2-1-3-8-16/h1-2,4-5,9-10,15-16H,3,6-8,11-14H2/t16-/m1/s1. The van der Waals surface area contributed by atoms with Gasteiger partial charge in [0.1, 0.15) is 0 Å². The highest BCUT2D eigenvalue weighted by Crippen LogP contribution is 2.27. The molecule has 1 aromatic carbocycles. The zero-order chi connectivity index (χ0) is 17.1. The first-order valence-corrected chi connectivity index (χ1v) is 9.19. The van der Waals surface area contributed by atoms with Crippen LogP contribution in [0.3, 0.4) is 0 Å². The van der Waals surface area contributed by atoms with Crippen molar-refractivity contribution in [3.63, 3.8) is 0 Å². The number of carbonyl (C=O) groups is 1. The third kappa shape index (κ3) is 3.65. The molecule has 25 heavy (non-hydrogen) atoms. The Morgan fingerprint density at radius 2 is 1.96 bits per heavy atom. The van der Waals surface area contributed by atoms with E-state index in [9.17, 15) is 4.79 Å². The normalized spacial score (nSPS) is 20.4. The largest absolute Gasteiger partial charge is 0.338 e. The van der Waals surface area contributed by atoms with Gasteiger partial charge in [-0.15, -0.1) is 5.10 Å². The molecule has 5 heteroatoms. The summed E-state index contributed by atoms with van der Waals surface area (Å²) in [6.45, 7) is 2.27. The van der Waals surface area contributed by atoms with E-state index in [0.29, 0.717) is 25.4 Å². The first-order valence-electron chi connectivity index (χ1n) is 9.19. The fourth-order valence-corrected chi connectivity index (χ4v) is 3.76. The maximum Gasteiger partial charge on any atom is 0.222 e. The summed E-state index contributed by atoms with van der Waals surface area (Å²) in [7, 11) is 0. The maximum absolute atomic E-state index is 11.9. The van der Waals surface area contributed by atoms with Crippen molar-refractivity contribution in [2.45, 2.75) is 51.1 Å². The lowest BCUT2D eigenvalue weighted by Gasteiger charge is -2.18. The number of rotatable bonds is 5. The Labute approximate surface area is 148 Å². The van der Waals surface area contributed by atoms with E-state index in [0.717, 1.165) is 37.9 Å². The molecule has 2 aliphatic rings. The molecule has 4 rings (SSSR count). The molecule has 1 fully saturated rings. The number of carbonyl (C=O) groups excluding carboxylic acids is 1. The van der Waals surface area contributed by atoms with Gasteiger partial charge in [0.2, 0.25) is 5.91 Å². The Bertz CT molecular complexity index is 780. The van der Waals surface area contributed by atoms with Crippen LogP contribution in [0.1, 0.15) is 54.8 Å². The Hall–Kier alpha value is -2.43. The molecule has 0 N–H and O–H groups in total. The van der Waals surface area contributed by atoms with E-state index in [2.05, 4.69) is 46.9 Å². The number of hydrogen-bond donors (Lipinski definition) is 0. The van der Waals surface area contributed by atoms with Crippen molar-refractivity contribution in [1.82, 2.24) is 19.9 Å². The molecule has 1 saturated heterocycles. The number of allylic oxidation sites excluding steroid dienone is 2. The summed E-state index contributed by atoms with van der Waals surface area (Å²) >= 11 is 0. The van der Waals surface area contributed by atoms with Crippen molar-refractivity contribution >= 4 is 5.91 Å². The summed E-state index contributed by atoms with van der Waals surface area (Å²) in [5, 5.41) is 8.73. The number of hydrogen-bond acceptors (Lipinski definition) is 3. The highest BCUT2D eigenvalue weighted by atomic mass is 16.2. The zero-order valence-electron chi connectivity index (χ0n) is 14.5. The van der Waals surface area contributed by atoms with Crippen LogP contribution in [0.5, 0.6) is 0 Å². The molecule has 5 nitrogen and oxygen atoms in total. The van der Waals surface area contributed by atoms with Crippen LogP contribution in [-0.2, 0) is 17.9 Å². The van der Waals surface area contributed by atoms with Crippen LogP contribution in [-0.4, -0.2) is 32.3 Å². The van der Waals surface area contributed by atoms with Gasteiger partial charge in [-0.1, -0.05) is 41.6 Å². The quantitative estimate of drug-likeness (QED) is 0.788. The predicted octanol–water partition coefficient (Wildman–Crippen LogP) is 3.27. The van der Waals surface area contributed by atoms with Crippen LogP contribution in [0, 0.1) is 0 Å². The summed E-state index contributed by atoms with van der Waals surface area (Å²) in [5.41, 5.74) is 3.51. The van der Waals surface area contributed by atoms with E-state index in [-0.39, 0.29) is 5.91 Å². The monoisotopic (exact) mass is 336 g/mol. The maximum atomic E-state index is 11.9. The van der Waals surface area contributed by atoms with Crippen LogP contribution < -0.4 is 0 Å². The average Bonchev–Trinajstić information content (AvgIpc) is 3.27. The molecule has 1 atom stereocenters. The van der Waals surface area contributed by atoms with E-state index in [1.807, 2.05) is 15.6 Å². The fraction of sp³-hybridized carbons (Fsp3) is 0.450. The number of amides is 1. The molecule has 1 aromatic heterocycles. The summed E-state index contributed by atoms with van der Waals surface area (Å²) in [6, 6.07) is 8.33. The summed E-state index contributed by atoms with van der Waals surface area (Å²) in [4.78, 5) is 13.9. The second-order valence-corrected chi connectivity index (χ2v) is 7.01. The van der Waals surface area contributed by atoms with E-state index in [1.165, 1.54) is 11.1 Å². The lowest BCUT2D eigenvalue weighted by atomic mass is 9.92. The van der Waals surface area contributed by atoms with Gasteiger partial charge in [0.15, 0.2) is 0 Å². The average molecular weight is 336 g/mol. The van der Waals surface area contributed by atoms with Crippen molar-refractivity contribution in [3.8, 4) is 0 Å². The van der Waals surface area contributed by atoms with E-state index in [4.69, 9.17) is 0 Å². The Morgan fingerprint density at radius 1 is 1.12 bits per heavy atom. The minimum Gasteiger partial charge on any atom is -0.338 e. The third-order valence-electron chi connectivity index (χ3n) is 5.23. The molecule has 0 bridgehead atoms. The number of likely N-dealkylation sites (tertiary alicyclic amines) is 1. The van der Waals surface area contributed by atoms with E-state index < -0.39 is 0 Å². The minimum atomic E-state index is 0.267. The SMILES string of the molecule is O=C1CCCN1Cc1ccccc1Cn1cc([C@@H]2CC=CCC2)nn1. The van der Waals surface area contributed by atoms with Gasteiger partial charge in [-0.25, -0.2) is 4.68 Å². The number of aromatic nitrogens is 3. The highest BCUT2D eigenvalue weighted by Gasteiger charge is 2.21. The Kier molecular flexibility index (Phi) is 4.63. The topological polar surface area (TPSA) is 51.0 Å². The van der Waals surface area contributed by atoms with Crippen molar-refractivity contribution in [2.75, 3.05) is 6.54 Å². The molecule has 0 saturated carbocycles. The number of benzene rings is 1. The molecule has 2 aromatic rings. The van der Waals surface area contributed by atoms with Crippen molar-refractivity contribution < 1.29 is 4.79 Å². The van der Waals surface area contributed by atoms with Crippen molar-refractivity contribution in [2.24, 2.45) is 0 Å². The Balaban J connectivity index is 1.48. The lowest BCUT2D eigenvalue weighted by Crippen LogP contribution is -2.24. The molecule has 0 spiro atoms. The van der Waals surface area contributed by atoms with Gasteiger partial charge in [0, 0.05) is 31.6 Å². The van der Waals surface area contributed by atoms with Crippen LogP contribution in [0.15, 0.2) is 42.6 Å². The summed E-state index contributed by atoms with van der Waals surface area (Å²) < 4.78 is 1.93. The van der Waals surface area contributed by atoms with Crippen LogP contribution in [0.25, 0.3) is 0 Å². The molecule has 0 radical (unpaired) electrons. The predicted molar refractivity (Wildman–Crippen MR) is 95.9 cm³/mol. The zero-order valence-corrected chi connectivity index (χ0v) is 14.5. The smallest absolute Gasteiger partial charge is 0.222 e. The van der Waals surface area contributed by atoms with Gasteiger partial charge in [-0.05, 0) is 36.8 Å². The first kappa shape index (κ1) is 16.1. The van der Waals surface area contributed by atoms with Crippen molar-refractivity contribution in [3.05, 3.63) is 59.4 Å². The molecular weight excluding hydrogens is 312 g/mol. The lowest BCUT2D eigenvalue weighted by molar-refractivity contribution is -0.128. The first-order chi connectivity index (χ1) is 12.3. The van der Waals surface area contributed by atoms with Gasteiger partial charge < -0.3 is 4.90 Å². The van der Waals surface area contributed by atoms with E-state index >= 15 is 0 Å². The second kappa shape index (κ2) is 7.21. The van der Waals surface area contributed by atoms with Gasteiger partial charge in [0.05, 0.1) is 12.2 Å². The van der Waals surface area contributed by atoms with Crippen LogP contribution in [0.4, 0.5) is 0 Å². The summed E-state index contributed by atoms with van der Waals surface area (Å²) in [6.07, 6.45) is 11.6. The minimum absolute atomic E-state index is 0.267. The highest BCUT2D eigenvalue weighted by molar-refractivity contribution is 5.78. The van der Waals surface area contributed by atoms with Crippen molar-refractivity contribution in [1.29, 1.82) is 0 Å². The van der Waals surface area contributed by atoms with Gasteiger partial charge in [-0.3, -0.25) is 4.79 Å². The Morgan fingerprint density at radius 3 is 2.68 bits per heavy atom. The van der Waals surface area contributed by atoms with Crippen LogP contribution >= 0.6 is 0 Å². The second-order valence-electron chi connectivity index (χ2n) is 7.01. The molecule has 1 aliphatic carbocycles. The van der Waals surface area contributed by atoms with Gasteiger partial charge in [-0.2, -0.15) is 0 Å². The van der Waals surface area contributed by atoms with Gasteiger partial charge in [0.25, 0.3) is 0 Å². The third-order valence-corrected chi connectivity index (χ3v) is 5.23. The van der Waals surface area contributed by atoms with Crippen LogP contribution in [0.2, 0.25) is 0 Å². The molecule has 1 amide bonds. The molecule has 0 unspecified atom stereocenters. The molecular formula is C20H24N4O. The fourth-order valence-electron chi connectivity index (χ4n) is 3.76. The summed E-state index contributed by atoms with van der Waals surface area (Å²) in [5.74, 6) is 0.763. The molecule has 1 aliphatic heterocycles. The number of nitrogens with zero attached hydrogens (tertiary/aromatic N) is 4. The molecule has 130 valence electrons. The van der Waals surface area contributed by atoms with E-state index in [1.54, 1.807) is 0 Å². The van der Waals surface area contributed by atoms with Gasteiger partial charge >= 0.3 is 0 Å². The molecule has 2 heterocycles.